The number of ether oxygens (including phenoxy) is 1. The molecule has 2 N–H and O–H groups in total. The Morgan fingerprint density at radius 1 is 1.17 bits per heavy atom. The molecule has 0 aliphatic heterocycles. The predicted octanol–water partition coefficient (Wildman–Crippen LogP) is 2.97. The second-order valence-corrected chi connectivity index (χ2v) is 4.60. The molecule has 18 heavy (non-hydrogen) atoms. The second-order valence-electron chi connectivity index (χ2n) is 4.60. The molecule has 1 aromatic carbocycles. The molecule has 96 valence electrons. The van der Waals surface area contributed by atoms with Gasteiger partial charge < -0.3 is 10.5 Å². The lowest BCUT2D eigenvalue weighted by Crippen LogP contribution is -2.03. The van der Waals surface area contributed by atoms with Crippen LogP contribution in [0.4, 0.5) is 0 Å². The van der Waals surface area contributed by atoms with Crippen LogP contribution in [-0.2, 0) is 0 Å². The van der Waals surface area contributed by atoms with Gasteiger partial charge in [-0.1, -0.05) is 0 Å². The first kappa shape index (κ1) is 12.8. The lowest BCUT2D eigenvalue weighted by atomic mass is 10.1. The van der Waals surface area contributed by atoms with Crippen molar-refractivity contribution in [1.82, 2.24) is 4.98 Å². The number of aryl methyl sites for hydroxylation is 2. The third-order valence-corrected chi connectivity index (χ3v) is 2.98. The largest absolute Gasteiger partial charge is 0.494 e. The van der Waals surface area contributed by atoms with E-state index >= 15 is 0 Å². The van der Waals surface area contributed by atoms with Crippen molar-refractivity contribution in [1.29, 1.82) is 0 Å². The van der Waals surface area contributed by atoms with E-state index in [0.29, 0.717) is 0 Å². The van der Waals surface area contributed by atoms with Gasteiger partial charge >= 0.3 is 0 Å². The molecular weight excluding hydrogens is 224 g/mol. The highest BCUT2D eigenvalue weighted by Crippen LogP contribution is 2.23. The van der Waals surface area contributed by atoms with Gasteiger partial charge in [-0.3, -0.25) is 4.98 Å². The smallest absolute Gasteiger partial charge is 0.120 e. The van der Waals surface area contributed by atoms with Crippen molar-refractivity contribution in [3.63, 3.8) is 0 Å². The maximum Gasteiger partial charge on any atom is 0.120 e. The molecule has 0 bridgehead atoms. The molecule has 0 amide bonds. The zero-order chi connectivity index (χ0) is 13.0. The van der Waals surface area contributed by atoms with Crippen LogP contribution < -0.4 is 10.5 Å². The van der Waals surface area contributed by atoms with Crippen LogP contribution in [0.15, 0.2) is 24.3 Å². The van der Waals surface area contributed by atoms with Gasteiger partial charge in [-0.2, -0.15) is 0 Å². The molecule has 0 atom stereocenters. The molecule has 2 rings (SSSR count). The van der Waals surface area contributed by atoms with Crippen molar-refractivity contribution in [3.8, 4) is 5.75 Å². The van der Waals surface area contributed by atoms with Gasteiger partial charge in [0.2, 0.25) is 0 Å². The Morgan fingerprint density at radius 3 is 2.78 bits per heavy atom. The fourth-order valence-electron chi connectivity index (χ4n) is 2.07. The van der Waals surface area contributed by atoms with Crippen LogP contribution >= 0.6 is 0 Å². The Hall–Kier alpha value is -1.61. The van der Waals surface area contributed by atoms with Crippen LogP contribution in [0.5, 0.6) is 5.75 Å². The predicted molar refractivity (Wildman–Crippen MR) is 75.0 cm³/mol. The maximum absolute atomic E-state index is 5.72. The number of rotatable bonds is 5. The molecule has 0 aliphatic carbocycles. The summed E-state index contributed by atoms with van der Waals surface area (Å²) < 4.78 is 5.72. The molecule has 1 aromatic heterocycles. The van der Waals surface area contributed by atoms with Crippen molar-refractivity contribution in [2.45, 2.75) is 26.7 Å². The standard InChI is InChI=1S/C15H20N2O/c1-11-9-12(2)17-15-6-5-13(10-14(11)15)18-8-4-3-7-16/h5-6,9-10H,3-4,7-8,16H2,1-2H3. The Morgan fingerprint density at radius 2 is 2.00 bits per heavy atom. The number of hydrogen-bond acceptors (Lipinski definition) is 3. The SMILES string of the molecule is Cc1cc(C)c2cc(OCCCCN)ccc2n1. The fraction of sp³-hybridized carbons (Fsp3) is 0.400. The van der Waals surface area contributed by atoms with Gasteiger partial charge in [-0.15, -0.1) is 0 Å². The zero-order valence-corrected chi connectivity index (χ0v) is 11.1. The number of benzene rings is 1. The number of nitrogens with two attached hydrogens (primary N) is 1. The van der Waals surface area contributed by atoms with E-state index < -0.39 is 0 Å². The molecule has 0 radical (unpaired) electrons. The van der Waals surface area contributed by atoms with Crippen molar-refractivity contribution >= 4 is 10.9 Å². The first-order valence-electron chi connectivity index (χ1n) is 6.41. The molecule has 2 aromatic rings. The minimum Gasteiger partial charge on any atom is -0.494 e. The van der Waals surface area contributed by atoms with Crippen LogP contribution in [0.25, 0.3) is 10.9 Å². The van der Waals surface area contributed by atoms with Gasteiger partial charge in [0.1, 0.15) is 5.75 Å². The fourth-order valence-corrected chi connectivity index (χ4v) is 2.07. The normalized spacial score (nSPS) is 10.8. The molecule has 0 aliphatic rings. The summed E-state index contributed by atoms with van der Waals surface area (Å²) in [5.74, 6) is 0.910. The topological polar surface area (TPSA) is 48.1 Å². The number of fused-ring (bicyclic) bond motifs is 1. The first-order chi connectivity index (χ1) is 8.70. The molecule has 0 spiro atoms. The van der Waals surface area contributed by atoms with Crippen molar-refractivity contribution in [2.75, 3.05) is 13.2 Å². The number of unbranched alkanes of at least 4 members (excludes halogenated alkanes) is 1. The van der Waals surface area contributed by atoms with Gasteiger partial charge in [-0.25, -0.2) is 0 Å². The Labute approximate surface area is 108 Å². The number of hydrogen-bond donors (Lipinski definition) is 1. The van der Waals surface area contributed by atoms with E-state index in [1.807, 2.05) is 19.1 Å². The van der Waals surface area contributed by atoms with Gasteiger partial charge in [0, 0.05) is 11.1 Å². The van der Waals surface area contributed by atoms with E-state index in [2.05, 4.69) is 24.0 Å². The van der Waals surface area contributed by atoms with Gasteiger partial charge in [-0.05, 0) is 63.1 Å². The van der Waals surface area contributed by atoms with E-state index in [1.54, 1.807) is 0 Å². The summed E-state index contributed by atoms with van der Waals surface area (Å²) in [5, 5.41) is 1.16. The minimum absolute atomic E-state index is 0.723. The highest BCUT2D eigenvalue weighted by atomic mass is 16.5. The summed E-state index contributed by atoms with van der Waals surface area (Å²) in [5.41, 5.74) is 8.78. The average Bonchev–Trinajstić information content (AvgIpc) is 2.35. The average molecular weight is 244 g/mol. The number of nitrogens with zero attached hydrogens (tertiary/aromatic N) is 1. The number of pyridine rings is 1. The summed E-state index contributed by atoms with van der Waals surface area (Å²) in [7, 11) is 0. The first-order valence-corrected chi connectivity index (χ1v) is 6.41. The molecule has 0 saturated heterocycles. The van der Waals surface area contributed by atoms with Gasteiger partial charge in [0.25, 0.3) is 0 Å². The van der Waals surface area contributed by atoms with Gasteiger partial charge in [0.15, 0.2) is 0 Å². The van der Waals surface area contributed by atoms with Crippen LogP contribution in [0.1, 0.15) is 24.1 Å². The summed E-state index contributed by atoms with van der Waals surface area (Å²) in [6, 6.07) is 8.17. The Balaban J connectivity index is 2.17. The van der Waals surface area contributed by atoms with E-state index in [9.17, 15) is 0 Å². The van der Waals surface area contributed by atoms with Crippen molar-refractivity contribution in [3.05, 3.63) is 35.5 Å². The summed E-state index contributed by atoms with van der Waals surface area (Å²) in [6.07, 6.45) is 2.01. The lowest BCUT2D eigenvalue weighted by Gasteiger charge is -2.08. The molecular formula is C15H20N2O. The van der Waals surface area contributed by atoms with E-state index in [1.165, 1.54) is 5.56 Å². The van der Waals surface area contributed by atoms with E-state index in [-0.39, 0.29) is 0 Å². The van der Waals surface area contributed by atoms with Crippen molar-refractivity contribution < 1.29 is 4.74 Å². The third kappa shape index (κ3) is 2.99. The van der Waals surface area contributed by atoms with Crippen LogP contribution in [0.2, 0.25) is 0 Å². The minimum atomic E-state index is 0.723. The lowest BCUT2D eigenvalue weighted by molar-refractivity contribution is 0.308. The summed E-state index contributed by atoms with van der Waals surface area (Å²) in [4.78, 5) is 4.52. The second kappa shape index (κ2) is 5.83. The monoisotopic (exact) mass is 244 g/mol. The molecule has 0 fully saturated rings. The molecule has 0 saturated carbocycles. The highest BCUT2D eigenvalue weighted by Gasteiger charge is 2.02. The molecule has 0 unspecified atom stereocenters. The quantitative estimate of drug-likeness (QED) is 0.823. The number of aromatic nitrogens is 1. The van der Waals surface area contributed by atoms with E-state index in [4.69, 9.17) is 10.5 Å². The molecule has 3 nitrogen and oxygen atoms in total. The maximum atomic E-state index is 5.72. The van der Waals surface area contributed by atoms with Crippen molar-refractivity contribution in [2.24, 2.45) is 5.73 Å². The Kier molecular flexibility index (Phi) is 4.15. The third-order valence-electron chi connectivity index (χ3n) is 2.98. The summed E-state index contributed by atoms with van der Waals surface area (Å²) >= 11 is 0. The van der Waals surface area contributed by atoms with Crippen LogP contribution in [0.3, 0.4) is 0 Å². The van der Waals surface area contributed by atoms with Crippen LogP contribution in [0, 0.1) is 13.8 Å². The van der Waals surface area contributed by atoms with E-state index in [0.717, 1.165) is 48.3 Å². The summed E-state index contributed by atoms with van der Waals surface area (Å²) in [6.45, 7) is 5.57. The van der Waals surface area contributed by atoms with Gasteiger partial charge in [0.05, 0.1) is 12.1 Å². The molecule has 3 heteroatoms. The zero-order valence-electron chi connectivity index (χ0n) is 11.1. The molecule has 1 heterocycles. The van der Waals surface area contributed by atoms with Crippen LogP contribution in [-0.4, -0.2) is 18.1 Å². The Bertz CT molecular complexity index is 537. The highest BCUT2D eigenvalue weighted by molar-refractivity contribution is 5.83.